The van der Waals surface area contributed by atoms with Crippen molar-refractivity contribution >= 4 is 16.9 Å². The Labute approximate surface area is 225 Å². The van der Waals surface area contributed by atoms with E-state index in [9.17, 15) is 9.59 Å². The van der Waals surface area contributed by atoms with Gasteiger partial charge >= 0.3 is 5.97 Å². The van der Waals surface area contributed by atoms with Gasteiger partial charge in [-0.15, -0.1) is 0 Å². The van der Waals surface area contributed by atoms with E-state index >= 15 is 0 Å². The molecule has 8 nitrogen and oxygen atoms in total. The van der Waals surface area contributed by atoms with Crippen molar-refractivity contribution in [3.63, 3.8) is 0 Å². The van der Waals surface area contributed by atoms with Crippen molar-refractivity contribution in [2.45, 2.75) is 19.3 Å². The Balaban J connectivity index is 1.68. The van der Waals surface area contributed by atoms with Gasteiger partial charge in [0.25, 0.3) is 0 Å². The first-order valence-electron chi connectivity index (χ1n) is 12.3. The fourth-order valence-electron chi connectivity index (χ4n) is 4.75. The summed E-state index contributed by atoms with van der Waals surface area (Å²) in [5, 5.41) is 0.265. The Bertz CT molecular complexity index is 1630. The Morgan fingerprint density at radius 3 is 2.36 bits per heavy atom. The Morgan fingerprint density at radius 2 is 1.69 bits per heavy atom. The van der Waals surface area contributed by atoms with E-state index in [0.717, 1.165) is 11.1 Å². The highest BCUT2D eigenvalue weighted by molar-refractivity contribution is 5.94. The van der Waals surface area contributed by atoms with E-state index < -0.39 is 11.9 Å². The van der Waals surface area contributed by atoms with Crippen molar-refractivity contribution in [1.82, 2.24) is 0 Å². The molecule has 5 rings (SSSR count). The van der Waals surface area contributed by atoms with Gasteiger partial charge in [0, 0.05) is 17.5 Å². The van der Waals surface area contributed by atoms with Crippen LogP contribution in [0.3, 0.4) is 0 Å². The SMILES string of the molecule is C=C(C)COc1ccc([C@@H]2CC(=O)Oc3cc(OC)c4c(=O)c(-c5ccc(OC)cc5)coc4c32)cc1OC. The maximum Gasteiger partial charge on any atom is 0.312 e. The zero-order valence-electron chi connectivity index (χ0n) is 22.2. The van der Waals surface area contributed by atoms with Crippen LogP contribution in [0.15, 0.2) is 76.2 Å². The van der Waals surface area contributed by atoms with E-state index in [1.165, 1.54) is 13.4 Å². The van der Waals surface area contributed by atoms with Crippen LogP contribution >= 0.6 is 0 Å². The quantitative estimate of drug-likeness (QED) is 0.159. The lowest BCUT2D eigenvalue weighted by molar-refractivity contribution is -0.135. The number of ether oxygens (including phenoxy) is 5. The number of methoxy groups -OCH3 is 3. The van der Waals surface area contributed by atoms with Gasteiger partial charge < -0.3 is 28.1 Å². The molecule has 0 bridgehead atoms. The van der Waals surface area contributed by atoms with Crippen molar-refractivity contribution in [2.75, 3.05) is 27.9 Å². The first-order valence-corrected chi connectivity index (χ1v) is 12.3. The molecule has 0 unspecified atom stereocenters. The van der Waals surface area contributed by atoms with Crippen molar-refractivity contribution in [2.24, 2.45) is 0 Å². The minimum Gasteiger partial charge on any atom is -0.497 e. The summed E-state index contributed by atoms with van der Waals surface area (Å²) in [7, 11) is 4.59. The van der Waals surface area contributed by atoms with Crippen LogP contribution < -0.4 is 29.1 Å². The summed E-state index contributed by atoms with van der Waals surface area (Å²) < 4.78 is 33.9. The number of esters is 1. The van der Waals surface area contributed by atoms with Crippen LogP contribution in [-0.4, -0.2) is 33.9 Å². The Kier molecular flexibility index (Phi) is 7.02. The smallest absolute Gasteiger partial charge is 0.312 e. The van der Waals surface area contributed by atoms with Crippen LogP contribution in [0.25, 0.3) is 22.1 Å². The Hall–Kier alpha value is -4.72. The molecule has 2 heterocycles. The zero-order valence-corrected chi connectivity index (χ0v) is 22.2. The third-order valence-electron chi connectivity index (χ3n) is 6.64. The number of fused-ring (bicyclic) bond motifs is 3. The first-order chi connectivity index (χ1) is 18.8. The third kappa shape index (κ3) is 4.81. The van der Waals surface area contributed by atoms with E-state index in [0.29, 0.717) is 46.1 Å². The van der Waals surface area contributed by atoms with Gasteiger partial charge in [-0.2, -0.15) is 0 Å². The molecule has 1 aromatic heterocycles. The predicted octanol–water partition coefficient (Wildman–Crippen LogP) is 5.88. The molecule has 0 fully saturated rings. The highest BCUT2D eigenvalue weighted by atomic mass is 16.5. The van der Waals surface area contributed by atoms with Gasteiger partial charge in [-0.25, -0.2) is 0 Å². The molecule has 1 aliphatic rings. The topological polar surface area (TPSA) is 93.4 Å². The first kappa shape index (κ1) is 25.9. The number of rotatable bonds is 8. The van der Waals surface area contributed by atoms with Gasteiger partial charge in [-0.1, -0.05) is 24.8 Å². The molecular formula is C31H28O8. The van der Waals surface area contributed by atoms with E-state index in [1.54, 1.807) is 50.6 Å². The molecule has 1 aliphatic heterocycles. The fourth-order valence-corrected chi connectivity index (χ4v) is 4.75. The molecule has 39 heavy (non-hydrogen) atoms. The summed E-state index contributed by atoms with van der Waals surface area (Å²) in [6, 6.07) is 14.2. The number of carbonyl (C=O) groups is 1. The summed E-state index contributed by atoms with van der Waals surface area (Å²) in [5.41, 5.74) is 3.30. The van der Waals surface area contributed by atoms with E-state index in [1.807, 2.05) is 19.1 Å². The van der Waals surface area contributed by atoms with Crippen molar-refractivity contribution in [3.05, 3.63) is 88.3 Å². The average molecular weight is 529 g/mol. The lowest BCUT2D eigenvalue weighted by atomic mass is 9.84. The molecule has 0 N–H and O–H groups in total. The molecule has 0 aliphatic carbocycles. The Morgan fingerprint density at radius 1 is 0.949 bits per heavy atom. The monoisotopic (exact) mass is 528 g/mol. The second kappa shape index (κ2) is 10.6. The van der Waals surface area contributed by atoms with E-state index in [-0.39, 0.29) is 28.7 Å². The van der Waals surface area contributed by atoms with Crippen molar-refractivity contribution in [1.29, 1.82) is 0 Å². The molecule has 0 radical (unpaired) electrons. The summed E-state index contributed by atoms with van der Waals surface area (Å²) in [5.74, 6) is 1.39. The molecule has 0 amide bonds. The minimum absolute atomic E-state index is 0.0491. The van der Waals surface area contributed by atoms with Crippen LogP contribution in [-0.2, 0) is 4.79 Å². The number of carbonyl (C=O) groups excluding carboxylic acids is 1. The maximum absolute atomic E-state index is 13.8. The van der Waals surface area contributed by atoms with Gasteiger partial charge in [0.1, 0.15) is 41.1 Å². The van der Waals surface area contributed by atoms with Gasteiger partial charge in [0.05, 0.1) is 33.3 Å². The fraction of sp³-hybridized carbons (Fsp3) is 0.226. The molecule has 0 saturated carbocycles. The molecule has 8 heteroatoms. The number of benzene rings is 3. The largest absolute Gasteiger partial charge is 0.497 e. The van der Waals surface area contributed by atoms with Gasteiger partial charge in [0.15, 0.2) is 11.5 Å². The number of hydrogen-bond donors (Lipinski definition) is 0. The van der Waals surface area contributed by atoms with Gasteiger partial charge in [-0.3, -0.25) is 9.59 Å². The second-order valence-electron chi connectivity index (χ2n) is 9.29. The summed E-state index contributed by atoms with van der Waals surface area (Å²) in [6.07, 6.45) is 1.47. The zero-order chi connectivity index (χ0) is 27.7. The lowest BCUT2D eigenvalue weighted by Crippen LogP contribution is -2.22. The molecule has 0 saturated heterocycles. The van der Waals surface area contributed by atoms with Gasteiger partial charge in [0.2, 0.25) is 5.43 Å². The third-order valence-corrected chi connectivity index (χ3v) is 6.64. The van der Waals surface area contributed by atoms with Crippen LogP contribution in [0.1, 0.15) is 30.4 Å². The lowest BCUT2D eigenvalue weighted by Gasteiger charge is -2.27. The van der Waals surface area contributed by atoms with E-state index in [2.05, 4.69) is 6.58 Å². The summed E-state index contributed by atoms with van der Waals surface area (Å²) in [6.45, 7) is 6.09. The average Bonchev–Trinajstić information content (AvgIpc) is 2.95. The van der Waals surface area contributed by atoms with Crippen molar-refractivity contribution < 1.29 is 32.9 Å². The summed E-state index contributed by atoms with van der Waals surface area (Å²) >= 11 is 0. The normalized spacial score (nSPS) is 14.4. The molecule has 200 valence electrons. The predicted molar refractivity (Wildman–Crippen MR) is 146 cm³/mol. The molecule has 1 atom stereocenters. The summed E-state index contributed by atoms with van der Waals surface area (Å²) in [4.78, 5) is 26.5. The minimum atomic E-state index is -0.464. The van der Waals surface area contributed by atoms with Crippen LogP contribution in [0, 0.1) is 0 Å². The number of hydrogen-bond acceptors (Lipinski definition) is 8. The van der Waals surface area contributed by atoms with Crippen LogP contribution in [0.5, 0.6) is 28.7 Å². The second-order valence-corrected chi connectivity index (χ2v) is 9.29. The molecule has 3 aromatic carbocycles. The standard InChI is InChI=1S/C31H28O8/c1-17(2)15-37-23-11-8-19(12-24(23)35-4)21-13-27(32)39-26-14-25(36-5)29-30(33)22(16-38-31(29)28(21)26)18-6-9-20(34-3)10-7-18/h6-12,14,16,21H,1,13,15H2,2-5H3/t21-/m0/s1. The van der Waals surface area contributed by atoms with E-state index in [4.69, 9.17) is 28.1 Å². The molecular weight excluding hydrogens is 500 g/mol. The maximum atomic E-state index is 13.8. The van der Waals surface area contributed by atoms with Gasteiger partial charge in [-0.05, 0) is 47.9 Å². The molecule has 0 spiro atoms. The highest BCUT2D eigenvalue weighted by Gasteiger charge is 2.34. The van der Waals surface area contributed by atoms with Crippen LogP contribution in [0.4, 0.5) is 0 Å². The highest BCUT2D eigenvalue weighted by Crippen LogP contribution is 2.47. The molecule has 4 aromatic rings. The van der Waals surface area contributed by atoms with Crippen molar-refractivity contribution in [3.8, 4) is 39.9 Å². The van der Waals surface area contributed by atoms with Crippen LogP contribution in [0.2, 0.25) is 0 Å².